The van der Waals surface area contributed by atoms with E-state index in [4.69, 9.17) is 5.73 Å². The van der Waals surface area contributed by atoms with Crippen LogP contribution in [-0.2, 0) is 6.54 Å². The lowest BCUT2D eigenvalue weighted by atomic mass is 10.1. The lowest BCUT2D eigenvalue weighted by Gasteiger charge is -2.10. The Morgan fingerprint density at radius 2 is 1.78 bits per heavy atom. The molecule has 18 heavy (non-hydrogen) atoms. The molecule has 0 heterocycles. The summed E-state index contributed by atoms with van der Waals surface area (Å²) in [6.07, 6.45) is 0. The normalized spacial score (nSPS) is 10.1. The molecule has 4 N–H and O–H groups in total. The fraction of sp³-hybridized carbons (Fsp3) is 0.0714. The highest BCUT2D eigenvalue weighted by atomic mass is 16.3. The Morgan fingerprint density at radius 3 is 2.50 bits per heavy atom. The van der Waals surface area contributed by atoms with Crippen LogP contribution in [0.1, 0.15) is 15.9 Å². The number of para-hydroxylation sites is 2. The standard InChI is InChI=1S/C14H14N2O2/c15-9-10-5-1-3-7-12(10)16-14(18)11-6-2-4-8-13(11)17/h1-8,17H,9,15H2,(H,16,18). The molecule has 4 nitrogen and oxygen atoms in total. The molecular formula is C14H14N2O2. The number of nitrogens with two attached hydrogens (primary N) is 1. The van der Waals surface area contributed by atoms with E-state index in [1.807, 2.05) is 18.2 Å². The van der Waals surface area contributed by atoms with Crippen molar-refractivity contribution in [1.82, 2.24) is 0 Å². The Bertz CT molecular complexity index is 567. The van der Waals surface area contributed by atoms with E-state index in [1.54, 1.807) is 24.3 Å². The van der Waals surface area contributed by atoms with Crippen molar-refractivity contribution in [2.75, 3.05) is 5.32 Å². The van der Waals surface area contributed by atoms with Crippen molar-refractivity contribution in [2.24, 2.45) is 5.73 Å². The third-order valence-corrected chi connectivity index (χ3v) is 2.63. The topological polar surface area (TPSA) is 75.3 Å². The molecule has 0 aromatic heterocycles. The van der Waals surface area contributed by atoms with Crippen LogP contribution in [0.25, 0.3) is 0 Å². The van der Waals surface area contributed by atoms with Crippen molar-refractivity contribution in [1.29, 1.82) is 0 Å². The number of carbonyl (C=O) groups excluding carboxylic acids is 1. The Labute approximate surface area is 105 Å². The van der Waals surface area contributed by atoms with E-state index in [0.29, 0.717) is 12.2 Å². The minimum absolute atomic E-state index is 0.0415. The van der Waals surface area contributed by atoms with Crippen molar-refractivity contribution in [3.63, 3.8) is 0 Å². The number of phenols is 1. The quantitative estimate of drug-likeness (QED) is 0.771. The average Bonchev–Trinajstić information content (AvgIpc) is 2.39. The van der Waals surface area contributed by atoms with Gasteiger partial charge in [0.1, 0.15) is 5.75 Å². The van der Waals surface area contributed by atoms with E-state index in [2.05, 4.69) is 5.32 Å². The molecule has 0 aliphatic carbocycles. The summed E-state index contributed by atoms with van der Waals surface area (Å²) in [5.41, 5.74) is 7.34. The van der Waals surface area contributed by atoms with Crippen LogP contribution in [0.5, 0.6) is 5.75 Å². The Morgan fingerprint density at radius 1 is 1.11 bits per heavy atom. The number of nitrogens with one attached hydrogen (secondary N) is 1. The van der Waals surface area contributed by atoms with Gasteiger partial charge in [-0.25, -0.2) is 0 Å². The molecule has 2 aromatic carbocycles. The minimum atomic E-state index is -0.353. The number of hydrogen-bond acceptors (Lipinski definition) is 3. The second-order valence-corrected chi connectivity index (χ2v) is 3.83. The SMILES string of the molecule is NCc1ccccc1NC(=O)c1ccccc1O. The highest BCUT2D eigenvalue weighted by Crippen LogP contribution is 2.19. The summed E-state index contributed by atoms with van der Waals surface area (Å²) < 4.78 is 0. The van der Waals surface area contributed by atoms with Gasteiger partial charge in [-0.05, 0) is 23.8 Å². The number of phenolic OH excluding ortho intramolecular Hbond substituents is 1. The molecule has 4 heteroatoms. The highest BCUT2D eigenvalue weighted by molar-refractivity contribution is 6.06. The van der Waals surface area contributed by atoms with Gasteiger partial charge in [-0.3, -0.25) is 4.79 Å². The number of amides is 1. The molecule has 92 valence electrons. The van der Waals surface area contributed by atoms with Gasteiger partial charge < -0.3 is 16.2 Å². The summed E-state index contributed by atoms with van der Waals surface area (Å²) in [5, 5.41) is 12.3. The van der Waals surface area contributed by atoms with E-state index in [-0.39, 0.29) is 17.2 Å². The maximum absolute atomic E-state index is 12.0. The Hall–Kier alpha value is -2.33. The van der Waals surface area contributed by atoms with E-state index in [1.165, 1.54) is 6.07 Å². The van der Waals surface area contributed by atoms with Crippen LogP contribution >= 0.6 is 0 Å². The molecule has 0 spiro atoms. The van der Waals surface area contributed by atoms with Crippen LogP contribution in [0.4, 0.5) is 5.69 Å². The van der Waals surface area contributed by atoms with Crippen LogP contribution in [0.3, 0.4) is 0 Å². The van der Waals surface area contributed by atoms with Gasteiger partial charge in [-0.15, -0.1) is 0 Å². The van der Waals surface area contributed by atoms with E-state index in [0.717, 1.165) is 5.56 Å². The van der Waals surface area contributed by atoms with Crippen molar-refractivity contribution < 1.29 is 9.90 Å². The smallest absolute Gasteiger partial charge is 0.259 e. The van der Waals surface area contributed by atoms with E-state index in [9.17, 15) is 9.90 Å². The van der Waals surface area contributed by atoms with Gasteiger partial charge in [-0.1, -0.05) is 30.3 Å². The highest BCUT2D eigenvalue weighted by Gasteiger charge is 2.11. The summed E-state index contributed by atoms with van der Waals surface area (Å²) in [7, 11) is 0. The fourth-order valence-electron chi connectivity index (χ4n) is 1.68. The number of anilines is 1. The van der Waals surface area contributed by atoms with Crippen LogP contribution in [-0.4, -0.2) is 11.0 Å². The molecule has 2 rings (SSSR count). The van der Waals surface area contributed by atoms with Crippen molar-refractivity contribution in [2.45, 2.75) is 6.54 Å². The van der Waals surface area contributed by atoms with Crippen molar-refractivity contribution in [3.05, 3.63) is 59.7 Å². The molecule has 0 bridgehead atoms. The first-order valence-corrected chi connectivity index (χ1v) is 5.59. The van der Waals surface area contributed by atoms with Crippen LogP contribution in [0, 0.1) is 0 Å². The first kappa shape index (κ1) is 12.1. The molecule has 0 radical (unpaired) electrons. The van der Waals surface area contributed by atoms with Crippen LogP contribution < -0.4 is 11.1 Å². The molecule has 2 aromatic rings. The fourth-order valence-corrected chi connectivity index (χ4v) is 1.68. The summed E-state index contributed by atoms with van der Waals surface area (Å²) in [6.45, 7) is 0.344. The summed E-state index contributed by atoms with van der Waals surface area (Å²) in [4.78, 5) is 12.0. The lowest BCUT2D eigenvalue weighted by molar-refractivity contribution is 0.102. The van der Waals surface area contributed by atoms with Gasteiger partial charge in [0.15, 0.2) is 0 Å². The van der Waals surface area contributed by atoms with Gasteiger partial charge in [-0.2, -0.15) is 0 Å². The summed E-state index contributed by atoms with van der Waals surface area (Å²) in [5.74, 6) is -0.394. The van der Waals surface area contributed by atoms with Crippen molar-refractivity contribution in [3.8, 4) is 5.75 Å². The molecular weight excluding hydrogens is 228 g/mol. The van der Waals surface area contributed by atoms with Crippen LogP contribution in [0.2, 0.25) is 0 Å². The minimum Gasteiger partial charge on any atom is -0.507 e. The predicted molar refractivity (Wildman–Crippen MR) is 70.4 cm³/mol. The molecule has 0 atom stereocenters. The van der Waals surface area contributed by atoms with Gasteiger partial charge in [0.2, 0.25) is 0 Å². The zero-order chi connectivity index (χ0) is 13.0. The zero-order valence-corrected chi connectivity index (χ0v) is 9.76. The second-order valence-electron chi connectivity index (χ2n) is 3.83. The van der Waals surface area contributed by atoms with Crippen molar-refractivity contribution >= 4 is 11.6 Å². The second kappa shape index (κ2) is 5.33. The molecule has 0 aliphatic heterocycles. The maximum atomic E-state index is 12.0. The molecule has 0 fully saturated rings. The average molecular weight is 242 g/mol. The molecule has 0 saturated carbocycles. The monoisotopic (exact) mass is 242 g/mol. The lowest BCUT2D eigenvalue weighted by Crippen LogP contribution is -2.14. The van der Waals surface area contributed by atoms with Gasteiger partial charge in [0.05, 0.1) is 5.56 Å². The van der Waals surface area contributed by atoms with E-state index >= 15 is 0 Å². The number of rotatable bonds is 3. The van der Waals surface area contributed by atoms with Crippen LogP contribution in [0.15, 0.2) is 48.5 Å². The number of carbonyl (C=O) groups is 1. The number of hydrogen-bond donors (Lipinski definition) is 3. The largest absolute Gasteiger partial charge is 0.507 e. The predicted octanol–water partition coefficient (Wildman–Crippen LogP) is 2.10. The van der Waals surface area contributed by atoms with Gasteiger partial charge in [0.25, 0.3) is 5.91 Å². The molecule has 1 amide bonds. The molecule has 0 saturated heterocycles. The van der Waals surface area contributed by atoms with E-state index < -0.39 is 0 Å². The van der Waals surface area contributed by atoms with Gasteiger partial charge >= 0.3 is 0 Å². The zero-order valence-electron chi connectivity index (χ0n) is 9.76. The summed E-state index contributed by atoms with van der Waals surface area (Å²) in [6, 6.07) is 13.7. The Balaban J connectivity index is 2.24. The number of aromatic hydroxyl groups is 1. The maximum Gasteiger partial charge on any atom is 0.259 e. The third-order valence-electron chi connectivity index (χ3n) is 2.63. The Kier molecular flexibility index (Phi) is 3.60. The third kappa shape index (κ3) is 2.49. The number of benzene rings is 2. The first-order valence-electron chi connectivity index (χ1n) is 5.59. The molecule has 0 unspecified atom stereocenters. The first-order chi connectivity index (χ1) is 8.72. The van der Waals surface area contributed by atoms with Gasteiger partial charge in [0, 0.05) is 12.2 Å². The summed E-state index contributed by atoms with van der Waals surface area (Å²) >= 11 is 0. The molecule has 0 aliphatic rings.